The Labute approximate surface area is 348 Å². The normalized spacial score (nSPS) is 22.9. The van der Waals surface area contributed by atoms with Crippen molar-refractivity contribution in [2.45, 2.75) is 31.1 Å². The molecule has 8 aromatic rings. The van der Waals surface area contributed by atoms with Gasteiger partial charge in [-0.05, 0) is 161 Å². The highest BCUT2D eigenvalue weighted by molar-refractivity contribution is 5.82. The lowest BCUT2D eigenvalue weighted by Crippen LogP contribution is -2.87. The Morgan fingerprint density at radius 1 is 0.288 bits per heavy atom. The number of hydrogen-bond donors (Lipinski definition) is 0. The van der Waals surface area contributed by atoms with E-state index in [-0.39, 0.29) is 0 Å². The summed E-state index contributed by atoms with van der Waals surface area (Å²) in [5.41, 5.74) is 17.0. The number of para-hydroxylation sites is 2. The Kier molecular flexibility index (Phi) is 7.85. The van der Waals surface area contributed by atoms with Gasteiger partial charge in [0.05, 0.1) is 0 Å². The van der Waals surface area contributed by atoms with Gasteiger partial charge in [0, 0.05) is 39.5 Å². The molecule has 4 fully saturated rings. The molecule has 59 heavy (non-hydrogen) atoms. The van der Waals surface area contributed by atoms with Gasteiger partial charge in [-0.3, -0.25) is 0 Å². The van der Waals surface area contributed by atoms with Crippen LogP contribution in [-0.2, 0) is 5.41 Å². The first-order valence-electron chi connectivity index (χ1n) is 21.5. The van der Waals surface area contributed by atoms with E-state index in [9.17, 15) is 0 Å². The Hall–Kier alpha value is -6.64. The highest BCUT2D eigenvalue weighted by Gasteiger charge is 2.87. The molecule has 0 saturated heterocycles. The summed E-state index contributed by atoms with van der Waals surface area (Å²) in [6.45, 7) is 0. The van der Waals surface area contributed by atoms with Gasteiger partial charge in [-0.2, -0.15) is 0 Å². The van der Waals surface area contributed by atoms with Gasteiger partial charge in [0.1, 0.15) is 0 Å². The van der Waals surface area contributed by atoms with Crippen molar-refractivity contribution in [1.29, 1.82) is 0 Å². The minimum Gasteiger partial charge on any atom is -0.311 e. The smallest absolute Gasteiger partial charge is 0.0462 e. The first kappa shape index (κ1) is 34.4. The van der Waals surface area contributed by atoms with Crippen LogP contribution in [0.1, 0.15) is 31.2 Å². The quantitative estimate of drug-likeness (QED) is 0.137. The van der Waals surface area contributed by atoms with Crippen molar-refractivity contribution in [2.75, 3.05) is 9.80 Å². The van der Waals surface area contributed by atoms with Gasteiger partial charge in [0.15, 0.2) is 0 Å². The summed E-state index contributed by atoms with van der Waals surface area (Å²) in [5.74, 6) is 3.10. The Morgan fingerprint density at radius 3 is 0.898 bits per heavy atom. The molecule has 0 N–H and O–H groups in total. The van der Waals surface area contributed by atoms with E-state index in [1.165, 1.54) is 59.1 Å². The van der Waals surface area contributed by atoms with Crippen molar-refractivity contribution in [3.05, 3.63) is 218 Å². The Balaban J connectivity index is 0.836. The van der Waals surface area contributed by atoms with Crippen LogP contribution in [-0.4, -0.2) is 0 Å². The average molecular weight is 759 g/mol. The van der Waals surface area contributed by atoms with Crippen molar-refractivity contribution < 1.29 is 0 Å². The second-order valence-electron chi connectivity index (χ2n) is 17.5. The minimum atomic E-state index is 0.507. The molecule has 8 aromatic carbocycles. The third kappa shape index (κ3) is 5.25. The summed E-state index contributed by atoms with van der Waals surface area (Å²) in [4.78, 5) is 4.68. The molecular weight excluding hydrogens is 713 g/mol. The minimum absolute atomic E-state index is 0.507. The Bertz CT molecular complexity index is 2680. The predicted molar refractivity (Wildman–Crippen MR) is 245 cm³/mol. The highest BCUT2D eigenvalue weighted by atomic mass is 15.1. The van der Waals surface area contributed by atoms with Crippen LogP contribution in [0.2, 0.25) is 0 Å². The third-order valence-corrected chi connectivity index (χ3v) is 14.9. The molecule has 284 valence electrons. The van der Waals surface area contributed by atoms with Crippen LogP contribution in [0.25, 0.3) is 33.4 Å². The fraction of sp³-hybridized carbons (Fsp3) is 0.158. The van der Waals surface area contributed by atoms with Gasteiger partial charge in [-0.1, -0.05) is 140 Å². The van der Waals surface area contributed by atoms with Gasteiger partial charge in [-0.25, -0.2) is 0 Å². The summed E-state index contributed by atoms with van der Waals surface area (Å²) < 4.78 is 0. The molecule has 2 heteroatoms. The summed E-state index contributed by atoms with van der Waals surface area (Å²) in [6.07, 6.45) is 5.90. The second-order valence-corrected chi connectivity index (χ2v) is 17.5. The van der Waals surface area contributed by atoms with Crippen LogP contribution >= 0.6 is 0 Å². The van der Waals surface area contributed by atoms with Crippen LogP contribution in [0, 0.1) is 23.2 Å². The zero-order valence-electron chi connectivity index (χ0n) is 33.2. The standard InChI is InChI=1S/C57H46N2/c1-4-10-40(11-5-1)42-18-28-53(29-19-42)59(54-32-20-43(21-33-54)41-16-26-46(27-17-41)56-38-48-36-47-37-49(39-56)57(47,48)56)55-34-24-45(25-35-55)44-22-30-52(31-23-44)58(50-12-6-2-7-13-50)51-14-8-3-9-15-51/h1-35,47-49H,36-39H2. The molecule has 0 aliphatic heterocycles. The van der Waals surface area contributed by atoms with E-state index >= 15 is 0 Å². The molecule has 1 spiro atoms. The van der Waals surface area contributed by atoms with Gasteiger partial charge in [0.2, 0.25) is 0 Å². The first-order chi connectivity index (χ1) is 29.2. The van der Waals surface area contributed by atoms with E-state index in [0.29, 0.717) is 5.41 Å². The van der Waals surface area contributed by atoms with Crippen LogP contribution in [0.15, 0.2) is 212 Å². The molecule has 12 rings (SSSR count). The molecule has 2 nitrogen and oxygen atoms in total. The number of rotatable bonds is 10. The van der Waals surface area contributed by atoms with Crippen molar-refractivity contribution in [3.8, 4) is 33.4 Å². The largest absolute Gasteiger partial charge is 0.311 e. The zero-order valence-corrected chi connectivity index (χ0v) is 33.2. The Morgan fingerprint density at radius 2 is 0.576 bits per heavy atom. The zero-order chi connectivity index (χ0) is 39.0. The first-order valence-corrected chi connectivity index (χ1v) is 21.5. The van der Waals surface area contributed by atoms with Crippen molar-refractivity contribution in [3.63, 3.8) is 0 Å². The SMILES string of the molecule is c1ccc(-c2ccc(N(c3ccc(-c4ccc(N(c5ccccc5)c5ccccc5)cc4)cc3)c3ccc(-c4ccc(C56CC7CC8CC(C5)C876)cc4)cc3)cc2)cc1. The fourth-order valence-corrected chi connectivity index (χ4v) is 12.3. The summed E-state index contributed by atoms with van der Waals surface area (Å²) >= 11 is 0. The lowest BCUT2D eigenvalue weighted by atomic mass is 9.12. The van der Waals surface area contributed by atoms with E-state index in [4.69, 9.17) is 0 Å². The molecule has 4 saturated carbocycles. The number of hydrogen-bond acceptors (Lipinski definition) is 2. The maximum Gasteiger partial charge on any atom is 0.0462 e. The van der Waals surface area contributed by atoms with Gasteiger partial charge < -0.3 is 9.80 Å². The monoisotopic (exact) mass is 758 g/mol. The molecule has 0 radical (unpaired) electrons. The van der Waals surface area contributed by atoms with Gasteiger partial charge in [0.25, 0.3) is 0 Å². The van der Waals surface area contributed by atoms with E-state index in [0.717, 1.165) is 57.3 Å². The average Bonchev–Trinajstić information content (AvgIpc) is 3.28. The number of nitrogens with zero attached hydrogens (tertiary/aromatic N) is 2. The van der Waals surface area contributed by atoms with Crippen LogP contribution in [0.4, 0.5) is 34.1 Å². The van der Waals surface area contributed by atoms with Gasteiger partial charge in [-0.15, -0.1) is 0 Å². The van der Waals surface area contributed by atoms with Crippen LogP contribution < -0.4 is 9.80 Å². The molecule has 0 aromatic heterocycles. The molecule has 0 heterocycles. The molecule has 4 aliphatic rings. The molecule has 0 amide bonds. The van der Waals surface area contributed by atoms with Crippen LogP contribution in [0.5, 0.6) is 0 Å². The topological polar surface area (TPSA) is 6.48 Å². The summed E-state index contributed by atoms with van der Waals surface area (Å²) in [7, 11) is 0. The molecule has 0 bridgehead atoms. The lowest BCUT2D eigenvalue weighted by molar-refractivity contribution is -0.395. The predicted octanol–water partition coefficient (Wildman–Crippen LogP) is 15.3. The number of benzene rings is 8. The summed E-state index contributed by atoms with van der Waals surface area (Å²) in [5, 5.41) is 0. The van der Waals surface area contributed by atoms with Crippen LogP contribution in [0.3, 0.4) is 0 Å². The van der Waals surface area contributed by atoms with Crippen molar-refractivity contribution in [1.82, 2.24) is 0 Å². The van der Waals surface area contributed by atoms with E-state index in [1.54, 1.807) is 5.56 Å². The molecule has 4 aliphatic carbocycles. The lowest BCUT2D eigenvalue weighted by Gasteiger charge is -2.91. The maximum atomic E-state index is 2.47. The second kappa shape index (κ2) is 13.5. The van der Waals surface area contributed by atoms with Gasteiger partial charge >= 0.3 is 0 Å². The molecule has 2 atom stereocenters. The van der Waals surface area contributed by atoms with E-state index in [1.807, 2.05) is 0 Å². The highest BCUT2D eigenvalue weighted by Crippen LogP contribution is 2.92. The van der Waals surface area contributed by atoms with Crippen molar-refractivity contribution in [2.24, 2.45) is 23.2 Å². The molecule has 2 unspecified atom stereocenters. The number of anilines is 6. The van der Waals surface area contributed by atoms with E-state index in [2.05, 4.69) is 222 Å². The third-order valence-electron chi connectivity index (χ3n) is 14.9. The fourth-order valence-electron chi connectivity index (χ4n) is 12.3. The maximum absolute atomic E-state index is 2.47. The summed E-state index contributed by atoms with van der Waals surface area (Å²) in [6, 6.07) is 77.5. The van der Waals surface area contributed by atoms with E-state index < -0.39 is 0 Å². The molecular formula is C57H46N2. The van der Waals surface area contributed by atoms with Crippen molar-refractivity contribution >= 4 is 34.1 Å².